The molecular formula is C18H19NO3. The van der Waals surface area contributed by atoms with E-state index in [1.54, 1.807) is 13.2 Å². The second-order valence-electron chi connectivity index (χ2n) is 6.96. The number of rotatable bonds is 1. The molecule has 114 valence electrons. The molecular weight excluding hydrogens is 278 g/mol. The van der Waals surface area contributed by atoms with Gasteiger partial charge in [0.2, 0.25) is 0 Å². The maximum Gasteiger partial charge on any atom is 0.196 e. The molecule has 2 heterocycles. The van der Waals surface area contributed by atoms with Crippen LogP contribution in [0.15, 0.2) is 24.3 Å². The molecule has 4 nitrogen and oxygen atoms in total. The standard InChI is InChI=1S/C18H19NO3/c1-19-8-7-18-11-4-5-13(20)17(18)22-16-14(21-2)6-3-10(15(16)18)9-12(11)19/h3-6,11-12,17H,7-9H2,1-2H3/t11?,12?,17-,18?/m0/s1. The van der Waals surface area contributed by atoms with Crippen LogP contribution in [-0.2, 0) is 16.6 Å². The monoisotopic (exact) mass is 297 g/mol. The van der Waals surface area contributed by atoms with E-state index in [1.807, 2.05) is 6.07 Å². The van der Waals surface area contributed by atoms with Crippen molar-refractivity contribution in [1.82, 2.24) is 4.90 Å². The van der Waals surface area contributed by atoms with Gasteiger partial charge in [-0.1, -0.05) is 12.1 Å². The van der Waals surface area contributed by atoms with E-state index in [9.17, 15) is 4.79 Å². The minimum absolute atomic E-state index is 0.102. The summed E-state index contributed by atoms with van der Waals surface area (Å²) < 4.78 is 11.7. The van der Waals surface area contributed by atoms with Gasteiger partial charge in [0.15, 0.2) is 23.4 Å². The van der Waals surface area contributed by atoms with E-state index < -0.39 is 0 Å². The highest BCUT2D eigenvalue weighted by molar-refractivity contribution is 5.98. The average molecular weight is 297 g/mol. The molecule has 0 amide bonds. The minimum atomic E-state index is -0.371. The highest BCUT2D eigenvalue weighted by Gasteiger charge is 2.64. The van der Waals surface area contributed by atoms with Crippen LogP contribution < -0.4 is 9.47 Å². The van der Waals surface area contributed by atoms with Crippen molar-refractivity contribution in [3.8, 4) is 11.5 Å². The first kappa shape index (κ1) is 12.7. The predicted octanol–water partition coefficient (Wildman–Crippen LogP) is 1.71. The Kier molecular flexibility index (Phi) is 2.27. The molecule has 0 radical (unpaired) electrons. The third-order valence-electron chi connectivity index (χ3n) is 6.21. The fraction of sp³-hybridized carbons (Fsp3) is 0.500. The number of ether oxygens (including phenoxy) is 2. The summed E-state index contributed by atoms with van der Waals surface area (Å²) in [5.41, 5.74) is 2.40. The molecule has 1 aromatic carbocycles. The van der Waals surface area contributed by atoms with Crippen LogP contribution in [0.4, 0.5) is 0 Å². The van der Waals surface area contributed by atoms with Crippen molar-refractivity contribution in [3.63, 3.8) is 0 Å². The largest absolute Gasteiger partial charge is 0.493 e. The van der Waals surface area contributed by atoms with Gasteiger partial charge in [-0.15, -0.1) is 0 Å². The van der Waals surface area contributed by atoms with Crippen molar-refractivity contribution in [2.75, 3.05) is 20.7 Å². The van der Waals surface area contributed by atoms with Crippen LogP contribution in [0.3, 0.4) is 0 Å². The Morgan fingerprint density at radius 1 is 1.41 bits per heavy atom. The summed E-state index contributed by atoms with van der Waals surface area (Å²) in [5.74, 6) is 2.03. The minimum Gasteiger partial charge on any atom is -0.493 e. The number of methoxy groups -OCH3 is 1. The molecule has 1 aromatic rings. The number of nitrogens with zero attached hydrogens (tertiary/aromatic N) is 1. The second kappa shape index (κ2) is 3.93. The Labute approximate surface area is 129 Å². The van der Waals surface area contributed by atoms with E-state index in [-0.39, 0.29) is 17.3 Å². The molecule has 0 aromatic heterocycles. The van der Waals surface area contributed by atoms with Crippen LogP contribution in [0.2, 0.25) is 0 Å². The van der Waals surface area contributed by atoms with Gasteiger partial charge in [-0.2, -0.15) is 0 Å². The Morgan fingerprint density at radius 2 is 2.27 bits per heavy atom. The summed E-state index contributed by atoms with van der Waals surface area (Å²) >= 11 is 0. The van der Waals surface area contributed by atoms with Gasteiger partial charge in [0.1, 0.15) is 0 Å². The van der Waals surface area contributed by atoms with Gasteiger partial charge in [-0.05, 0) is 44.1 Å². The lowest BCUT2D eigenvalue weighted by molar-refractivity contribution is -0.127. The summed E-state index contributed by atoms with van der Waals surface area (Å²) in [5, 5.41) is 0. The maximum atomic E-state index is 12.5. The smallest absolute Gasteiger partial charge is 0.196 e. The van der Waals surface area contributed by atoms with E-state index in [4.69, 9.17) is 9.47 Å². The summed E-state index contributed by atoms with van der Waals surface area (Å²) in [6.45, 7) is 1.01. The second-order valence-corrected chi connectivity index (χ2v) is 6.96. The zero-order valence-electron chi connectivity index (χ0n) is 12.8. The molecule has 1 fully saturated rings. The molecule has 1 saturated heterocycles. The van der Waals surface area contributed by atoms with Gasteiger partial charge < -0.3 is 14.4 Å². The summed E-state index contributed by atoms with van der Waals surface area (Å²) in [6, 6.07) is 4.60. The van der Waals surface area contributed by atoms with Gasteiger partial charge in [0, 0.05) is 17.5 Å². The Morgan fingerprint density at radius 3 is 3.09 bits per heavy atom. The number of piperidine rings is 1. The van der Waals surface area contributed by atoms with Crippen LogP contribution in [-0.4, -0.2) is 43.5 Å². The van der Waals surface area contributed by atoms with Crippen molar-refractivity contribution in [1.29, 1.82) is 0 Å². The molecule has 2 bridgehead atoms. The van der Waals surface area contributed by atoms with E-state index in [0.717, 1.165) is 30.9 Å². The van der Waals surface area contributed by atoms with Gasteiger partial charge in [0.25, 0.3) is 0 Å². The lowest BCUT2D eigenvalue weighted by atomic mass is 9.53. The van der Waals surface area contributed by atoms with Gasteiger partial charge in [-0.3, -0.25) is 4.79 Å². The Hall–Kier alpha value is -1.81. The Bertz CT molecular complexity index is 725. The number of hydrogen-bond acceptors (Lipinski definition) is 4. The molecule has 22 heavy (non-hydrogen) atoms. The van der Waals surface area contributed by atoms with Crippen molar-refractivity contribution in [2.24, 2.45) is 5.92 Å². The normalized spacial score (nSPS) is 37.7. The zero-order valence-corrected chi connectivity index (χ0v) is 12.8. The quantitative estimate of drug-likeness (QED) is 0.791. The van der Waals surface area contributed by atoms with Crippen LogP contribution in [0.1, 0.15) is 17.5 Å². The van der Waals surface area contributed by atoms with E-state index in [0.29, 0.717) is 12.0 Å². The first-order chi connectivity index (χ1) is 10.7. The molecule has 3 unspecified atom stereocenters. The van der Waals surface area contributed by atoms with Crippen LogP contribution >= 0.6 is 0 Å². The zero-order chi connectivity index (χ0) is 15.1. The van der Waals surface area contributed by atoms with Crippen LogP contribution in [0, 0.1) is 5.92 Å². The van der Waals surface area contributed by atoms with E-state index in [2.05, 4.69) is 24.1 Å². The fourth-order valence-corrected chi connectivity index (χ4v) is 5.23. The molecule has 2 aliphatic heterocycles. The first-order valence-electron chi connectivity index (χ1n) is 7.96. The van der Waals surface area contributed by atoms with Crippen molar-refractivity contribution in [2.45, 2.75) is 30.4 Å². The number of benzene rings is 1. The SMILES string of the molecule is COc1ccc2c3c1O[C@H]1C(=O)C=CC4C(C2)N(C)CCC341. The third kappa shape index (κ3) is 1.23. The summed E-state index contributed by atoms with van der Waals surface area (Å²) in [6.07, 6.45) is 5.50. The molecule has 5 rings (SSSR count). The maximum absolute atomic E-state index is 12.5. The van der Waals surface area contributed by atoms with E-state index in [1.165, 1.54) is 11.1 Å². The van der Waals surface area contributed by atoms with Crippen LogP contribution in [0.25, 0.3) is 0 Å². The van der Waals surface area contributed by atoms with Gasteiger partial charge in [0.05, 0.1) is 12.5 Å². The van der Waals surface area contributed by atoms with Crippen LogP contribution in [0.5, 0.6) is 11.5 Å². The molecule has 4 atom stereocenters. The summed E-state index contributed by atoms with van der Waals surface area (Å²) in [4.78, 5) is 15.0. The van der Waals surface area contributed by atoms with Crippen molar-refractivity contribution in [3.05, 3.63) is 35.4 Å². The predicted molar refractivity (Wildman–Crippen MR) is 81.5 cm³/mol. The van der Waals surface area contributed by atoms with E-state index >= 15 is 0 Å². The number of ketones is 1. The third-order valence-corrected chi connectivity index (χ3v) is 6.21. The number of likely N-dealkylation sites (tertiary alicyclic amines) is 1. The average Bonchev–Trinajstić information content (AvgIpc) is 2.88. The highest BCUT2D eigenvalue weighted by Crippen LogP contribution is 2.61. The lowest BCUT2D eigenvalue weighted by Gasteiger charge is -2.55. The number of likely N-dealkylation sites (N-methyl/N-ethyl adjacent to an activating group) is 1. The van der Waals surface area contributed by atoms with Crippen molar-refractivity contribution < 1.29 is 14.3 Å². The molecule has 4 heteroatoms. The molecule has 0 saturated carbocycles. The fourth-order valence-electron chi connectivity index (χ4n) is 5.23. The lowest BCUT2D eigenvalue weighted by Crippen LogP contribution is -2.64. The number of carbonyl (C=O) groups is 1. The van der Waals surface area contributed by atoms with Gasteiger partial charge >= 0.3 is 0 Å². The van der Waals surface area contributed by atoms with Crippen molar-refractivity contribution >= 4 is 5.78 Å². The van der Waals surface area contributed by atoms with Gasteiger partial charge in [-0.25, -0.2) is 0 Å². The number of carbonyl (C=O) groups excluding carboxylic acids is 1. The topological polar surface area (TPSA) is 38.8 Å². The molecule has 1 spiro atoms. The molecule has 0 N–H and O–H groups in total. The molecule has 4 aliphatic rings. The highest BCUT2D eigenvalue weighted by atomic mass is 16.5. The summed E-state index contributed by atoms with van der Waals surface area (Å²) in [7, 11) is 3.86. The number of hydrogen-bond donors (Lipinski definition) is 0. The Balaban J connectivity index is 1.84. The molecule has 2 aliphatic carbocycles. The first-order valence-corrected chi connectivity index (χ1v) is 7.96.